The molecular formula is C15H18IN7. The molecule has 0 aliphatic heterocycles. The van der Waals surface area contributed by atoms with Crippen molar-refractivity contribution in [2.75, 3.05) is 6.54 Å². The summed E-state index contributed by atoms with van der Waals surface area (Å²) in [5.74, 6) is 1.15. The predicted molar refractivity (Wildman–Crippen MR) is 99.7 cm³/mol. The zero-order chi connectivity index (χ0) is 15.2. The largest absolute Gasteiger partial charge is 0.370 e. The molecule has 3 heterocycles. The number of nitrogens with two attached hydrogens (primary N) is 1. The highest BCUT2D eigenvalue weighted by Gasteiger charge is 2.03. The number of aliphatic imine (C=N–C) groups is 1. The highest BCUT2D eigenvalue weighted by Crippen LogP contribution is 2.03. The summed E-state index contributed by atoms with van der Waals surface area (Å²) in [6, 6.07) is 11.6. The van der Waals surface area contributed by atoms with E-state index in [-0.39, 0.29) is 24.0 Å². The predicted octanol–water partition coefficient (Wildman–Crippen LogP) is 1.39. The van der Waals surface area contributed by atoms with Crippen LogP contribution in [0.2, 0.25) is 0 Å². The van der Waals surface area contributed by atoms with Gasteiger partial charge < -0.3 is 11.1 Å². The summed E-state index contributed by atoms with van der Waals surface area (Å²) in [6.45, 7) is 1.07. The average Bonchev–Trinajstić information content (AvgIpc) is 2.97. The van der Waals surface area contributed by atoms with E-state index in [0.29, 0.717) is 19.0 Å². The topological polar surface area (TPSA) is 93.5 Å². The lowest BCUT2D eigenvalue weighted by Crippen LogP contribution is -2.33. The second kappa shape index (κ2) is 8.42. The first-order valence-electron chi connectivity index (χ1n) is 7.05. The zero-order valence-corrected chi connectivity index (χ0v) is 14.8. The molecule has 3 aromatic heterocycles. The van der Waals surface area contributed by atoms with Crippen LogP contribution in [0.25, 0.3) is 5.65 Å². The molecule has 0 aliphatic carbocycles. The minimum atomic E-state index is 0. The van der Waals surface area contributed by atoms with Crippen LogP contribution in [0, 0.1) is 0 Å². The van der Waals surface area contributed by atoms with Gasteiger partial charge in [-0.3, -0.25) is 9.38 Å². The zero-order valence-electron chi connectivity index (χ0n) is 12.5. The minimum absolute atomic E-state index is 0. The van der Waals surface area contributed by atoms with Crippen molar-refractivity contribution in [2.24, 2.45) is 10.7 Å². The lowest BCUT2D eigenvalue weighted by Gasteiger charge is -2.05. The Morgan fingerprint density at radius 1 is 1.17 bits per heavy atom. The van der Waals surface area contributed by atoms with Crippen LogP contribution in [-0.4, -0.2) is 32.1 Å². The van der Waals surface area contributed by atoms with Crippen molar-refractivity contribution >= 4 is 35.6 Å². The van der Waals surface area contributed by atoms with E-state index >= 15 is 0 Å². The van der Waals surface area contributed by atoms with Gasteiger partial charge in [-0.15, -0.1) is 34.2 Å². The highest BCUT2D eigenvalue weighted by atomic mass is 127. The number of hydrogen-bond acceptors (Lipinski definition) is 4. The van der Waals surface area contributed by atoms with Gasteiger partial charge in [0.25, 0.3) is 0 Å². The molecule has 3 N–H and O–H groups in total. The van der Waals surface area contributed by atoms with Crippen molar-refractivity contribution in [3.05, 3.63) is 60.3 Å². The van der Waals surface area contributed by atoms with Crippen LogP contribution in [-0.2, 0) is 13.0 Å². The van der Waals surface area contributed by atoms with Crippen molar-refractivity contribution in [3.8, 4) is 0 Å². The quantitative estimate of drug-likeness (QED) is 0.368. The van der Waals surface area contributed by atoms with E-state index in [4.69, 9.17) is 5.73 Å². The Kier molecular flexibility index (Phi) is 6.27. The summed E-state index contributed by atoms with van der Waals surface area (Å²) in [7, 11) is 0. The van der Waals surface area contributed by atoms with Gasteiger partial charge in [-0.25, -0.2) is 4.99 Å². The van der Waals surface area contributed by atoms with E-state index in [0.717, 1.165) is 23.6 Å². The van der Waals surface area contributed by atoms with Gasteiger partial charge in [-0.05, 0) is 24.3 Å². The van der Waals surface area contributed by atoms with E-state index in [2.05, 4.69) is 25.5 Å². The second-order valence-corrected chi connectivity index (χ2v) is 4.74. The minimum Gasteiger partial charge on any atom is -0.370 e. The molecule has 7 nitrogen and oxygen atoms in total. The lowest BCUT2D eigenvalue weighted by molar-refractivity contribution is 0.816. The number of nitrogens with zero attached hydrogens (tertiary/aromatic N) is 5. The number of pyridine rings is 2. The lowest BCUT2D eigenvalue weighted by atomic mass is 10.3. The molecule has 0 fully saturated rings. The fourth-order valence-corrected chi connectivity index (χ4v) is 2.08. The monoisotopic (exact) mass is 423 g/mol. The molecule has 3 rings (SSSR count). The Hall–Kier alpha value is -2.23. The van der Waals surface area contributed by atoms with E-state index < -0.39 is 0 Å². The van der Waals surface area contributed by atoms with Crippen molar-refractivity contribution in [1.82, 2.24) is 24.9 Å². The highest BCUT2D eigenvalue weighted by molar-refractivity contribution is 14.0. The Morgan fingerprint density at radius 2 is 2.04 bits per heavy atom. The molecule has 0 aromatic carbocycles. The van der Waals surface area contributed by atoms with Gasteiger partial charge in [0.2, 0.25) is 0 Å². The summed E-state index contributed by atoms with van der Waals surface area (Å²) in [4.78, 5) is 8.54. The van der Waals surface area contributed by atoms with Crippen molar-refractivity contribution in [1.29, 1.82) is 0 Å². The first-order valence-corrected chi connectivity index (χ1v) is 7.05. The molecule has 0 saturated heterocycles. The average molecular weight is 423 g/mol. The SMILES string of the molecule is I.NC(=NCc1nnc2ccccn12)NCCc1ccccn1. The van der Waals surface area contributed by atoms with Crippen LogP contribution in [0.5, 0.6) is 0 Å². The molecule has 0 radical (unpaired) electrons. The Bertz CT molecular complexity index is 770. The molecule has 0 saturated carbocycles. The summed E-state index contributed by atoms with van der Waals surface area (Å²) in [5, 5.41) is 11.3. The van der Waals surface area contributed by atoms with Gasteiger partial charge in [0, 0.05) is 31.1 Å². The van der Waals surface area contributed by atoms with E-state index in [1.54, 1.807) is 6.20 Å². The third kappa shape index (κ3) is 4.62. The van der Waals surface area contributed by atoms with Gasteiger partial charge in [0.1, 0.15) is 6.54 Å². The van der Waals surface area contributed by atoms with Crippen LogP contribution >= 0.6 is 24.0 Å². The van der Waals surface area contributed by atoms with Gasteiger partial charge in [-0.2, -0.15) is 0 Å². The maximum atomic E-state index is 5.86. The summed E-state index contributed by atoms with van der Waals surface area (Å²) in [6.07, 6.45) is 4.49. The number of nitrogens with one attached hydrogen (secondary N) is 1. The van der Waals surface area contributed by atoms with Crippen molar-refractivity contribution < 1.29 is 0 Å². The fourth-order valence-electron chi connectivity index (χ4n) is 2.08. The molecule has 0 spiro atoms. The number of guanidine groups is 1. The first kappa shape index (κ1) is 17.1. The van der Waals surface area contributed by atoms with Crippen molar-refractivity contribution in [2.45, 2.75) is 13.0 Å². The van der Waals surface area contributed by atoms with E-state index in [1.165, 1.54) is 0 Å². The number of aromatic nitrogens is 4. The third-order valence-corrected chi connectivity index (χ3v) is 3.19. The molecule has 120 valence electrons. The van der Waals surface area contributed by atoms with Crippen molar-refractivity contribution in [3.63, 3.8) is 0 Å². The molecule has 23 heavy (non-hydrogen) atoms. The van der Waals surface area contributed by atoms with Gasteiger partial charge in [0.05, 0.1) is 0 Å². The van der Waals surface area contributed by atoms with E-state index in [1.807, 2.05) is 47.0 Å². The molecule has 0 atom stereocenters. The van der Waals surface area contributed by atoms with Crippen LogP contribution in [0.15, 0.2) is 53.8 Å². The summed E-state index contributed by atoms with van der Waals surface area (Å²) < 4.78 is 1.89. The van der Waals surface area contributed by atoms with Gasteiger partial charge >= 0.3 is 0 Å². The maximum Gasteiger partial charge on any atom is 0.189 e. The van der Waals surface area contributed by atoms with E-state index in [9.17, 15) is 0 Å². The Balaban J connectivity index is 0.00000192. The number of fused-ring (bicyclic) bond motifs is 1. The van der Waals surface area contributed by atoms with Gasteiger partial charge in [0.15, 0.2) is 17.4 Å². The molecule has 0 unspecified atom stereocenters. The van der Waals surface area contributed by atoms with Crippen LogP contribution < -0.4 is 11.1 Å². The number of rotatable bonds is 5. The first-order chi connectivity index (χ1) is 10.8. The maximum absolute atomic E-state index is 5.86. The summed E-state index contributed by atoms with van der Waals surface area (Å²) >= 11 is 0. The molecule has 0 aliphatic rings. The summed E-state index contributed by atoms with van der Waals surface area (Å²) in [5.41, 5.74) is 7.68. The molecule has 0 amide bonds. The molecular weight excluding hydrogens is 405 g/mol. The Morgan fingerprint density at radius 3 is 2.87 bits per heavy atom. The molecule has 3 aromatic rings. The van der Waals surface area contributed by atoms with Crippen LogP contribution in [0.4, 0.5) is 0 Å². The smallest absolute Gasteiger partial charge is 0.189 e. The normalized spacial score (nSPS) is 11.2. The molecule has 0 bridgehead atoms. The number of hydrogen-bond donors (Lipinski definition) is 2. The van der Waals surface area contributed by atoms with Gasteiger partial charge in [-0.1, -0.05) is 12.1 Å². The second-order valence-electron chi connectivity index (χ2n) is 4.74. The standard InChI is InChI=1S/C15H17N7.HI/c16-15(18-9-7-12-5-1-3-8-17-12)19-11-14-21-20-13-6-2-4-10-22(13)14;/h1-6,8,10H,7,9,11H2,(H3,16,18,19);1H. The third-order valence-electron chi connectivity index (χ3n) is 3.19. The molecule has 8 heteroatoms. The number of halogens is 1. The fraction of sp³-hybridized carbons (Fsp3) is 0.200. The van der Waals surface area contributed by atoms with Crippen LogP contribution in [0.3, 0.4) is 0 Å². The Labute approximate surface area is 151 Å². The van der Waals surface area contributed by atoms with Crippen LogP contribution in [0.1, 0.15) is 11.5 Å².